The molecule has 2 atom stereocenters. The van der Waals surface area contributed by atoms with Crippen molar-refractivity contribution in [3.8, 4) is 0 Å². The summed E-state index contributed by atoms with van der Waals surface area (Å²) in [6.07, 6.45) is 3.71. The first kappa shape index (κ1) is 19.5. The number of hydrogen-bond donors (Lipinski definition) is 2. The van der Waals surface area contributed by atoms with Gasteiger partial charge in [-0.05, 0) is 19.3 Å². The topological polar surface area (TPSA) is 86.7 Å². The highest BCUT2D eigenvalue weighted by molar-refractivity contribution is 5.85. The second kappa shape index (κ2) is 8.31. The van der Waals surface area contributed by atoms with Gasteiger partial charge in [-0.1, -0.05) is 33.6 Å². The van der Waals surface area contributed by atoms with E-state index in [1.807, 2.05) is 20.8 Å². The molecule has 132 valence electrons. The van der Waals surface area contributed by atoms with E-state index in [0.29, 0.717) is 25.9 Å². The minimum Gasteiger partial charge on any atom is -0.481 e. The van der Waals surface area contributed by atoms with Gasteiger partial charge >= 0.3 is 5.97 Å². The molecule has 0 aromatic carbocycles. The fourth-order valence-corrected chi connectivity index (χ4v) is 2.99. The quantitative estimate of drug-likeness (QED) is 0.748. The number of nitrogens with one attached hydrogen (secondary N) is 1. The summed E-state index contributed by atoms with van der Waals surface area (Å²) in [7, 11) is 1.73. The molecular weight excluding hydrogens is 296 g/mol. The highest BCUT2D eigenvalue weighted by Gasteiger charge is 2.35. The third kappa shape index (κ3) is 5.22. The highest BCUT2D eigenvalue weighted by Crippen LogP contribution is 2.30. The average molecular weight is 326 g/mol. The van der Waals surface area contributed by atoms with Crippen LogP contribution in [0, 0.1) is 17.3 Å². The summed E-state index contributed by atoms with van der Waals surface area (Å²) >= 11 is 0. The van der Waals surface area contributed by atoms with E-state index in [2.05, 4.69) is 5.32 Å². The van der Waals surface area contributed by atoms with Gasteiger partial charge in [-0.3, -0.25) is 14.4 Å². The Labute approximate surface area is 138 Å². The molecule has 1 rings (SSSR count). The average Bonchev–Trinajstić information content (AvgIpc) is 2.53. The molecule has 0 radical (unpaired) electrons. The van der Waals surface area contributed by atoms with Crippen LogP contribution in [0.25, 0.3) is 0 Å². The number of hydrogen-bond acceptors (Lipinski definition) is 3. The number of carbonyl (C=O) groups is 3. The lowest BCUT2D eigenvalue weighted by atomic mass is 9.79. The van der Waals surface area contributed by atoms with Crippen molar-refractivity contribution >= 4 is 17.8 Å². The molecule has 2 unspecified atom stereocenters. The van der Waals surface area contributed by atoms with Crippen molar-refractivity contribution < 1.29 is 19.5 Å². The number of amides is 2. The molecule has 0 aromatic heterocycles. The molecule has 23 heavy (non-hydrogen) atoms. The summed E-state index contributed by atoms with van der Waals surface area (Å²) in [5.41, 5.74) is -0.406. The molecule has 0 aliphatic heterocycles. The number of nitrogens with zero attached hydrogens (tertiary/aromatic N) is 1. The van der Waals surface area contributed by atoms with Gasteiger partial charge in [0.25, 0.3) is 0 Å². The van der Waals surface area contributed by atoms with E-state index in [4.69, 9.17) is 0 Å². The van der Waals surface area contributed by atoms with E-state index in [1.165, 1.54) is 0 Å². The van der Waals surface area contributed by atoms with Gasteiger partial charge < -0.3 is 15.3 Å². The third-order valence-corrected chi connectivity index (χ3v) is 4.98. The van der Waals surface area contributed by atoms with Crippen molar-refractivity contribution in [2.75, 3.05) is 20.1 Å². The van der Waals surface area contributed by atoms with Crippen molar-refractivity contribution in [2.45, 2.75) is 52.9 Å². The van der Waals surface area contributed by atoms with E-state index in [1.54, 1.807) is 11.9 Å². The fourth-order valence-electron chi connectivity index (χ4n) is 2.99. The second-order valence-corrected chi connectivity index (χ2v) is 7.09. The van der Waals surface area contributed by atoms with Crippen molar-refractivity contribution in [1.82, 2.24) is 10.2 Å². The summed E-state index contributed by atoms with van der Waals surface area (Å²) in [4.78, 5) is 37.4. The van der Waals surface area contributed by atoms with Crippen LogP contribution in [0.1, 0.15) is 52.9 Å². The highest BCUT2D eigenvalue weighted by atomic mass is 16.4. The van der Waals surface area contributed by atoms with Gasteiger partial charge in [0.2, 0.25) is 11.8 Å². The van der Waals surface area contributed by atoms with Crippen LogP contribution in [-0.4, -0.2) is 47.9 Å². The summed E-state index contributed by atoms with van der Waals surface area (Å²) in [5, 5.41) is 12.0. The van der Waals surface area contributed by atoms with Crippen LogP contribution < -0.4 is 5.32 Å². The van der Waals surface area contributed by atoms with E-state index in [0.717, 1.165) is 19.3 Å². The Morgan fingerprint density at radius 2 is 1.74 bits per heavy atom. The Bertz CT molecular complexity index is 448. The van der Waals surface area contributed by atoms with Crippen molar-refractivity contribution in [3.05, 3.63) is 0 Å². The maximum absolute atomic E-state index is 12.3. The lowest BCUT2D eigenvalue weighted by Gasteiger charge is -2.29. The van der Waals surface area contributed by atoms with Gasteiger partial charge in [0.05, 0.1) is 11.8 Å². The zero-order valence-electron chi connectivity index (χ0n) is 14.7. The second-order valence-electron chi connectivity index (χ2n) is 7.09. The molecule has 0 spiro atoms. The summed E-state index contributed by atoms with van der Waals surface area (Å²) in [6, 6.07) is 0. The molecule has 1 aliphatic rings. The van der Waals surface area contributed by atoms with Crippen LogP contribution in [0.4, 0.5) is 0 Å². The normalized spacial score (nSPS) is 21.6. The first-order valence-corrected chi connectivity index (χ1v) is 8.46. The minimum atomic E-state index is -0.887. The van der Waals surface area contributed by atoms with Gasteiger partial charge in [-0.2, -0.15) is 0 Å². The van der Waals surface area contributed by atoms with E-state index in [9.17, 15) is 19.5 Å². The number of rotatable bonds is 7. The Kier molecular flexibility index (Phi) is 7.03. The standard InChI is InChI=1S/C17H30N2O4/c1-5-17(2,3)16(23)19(4)11-10-18-14(20)12-8-6-7-9-13(12)15(21)22/h12-13H,5-11H2,1-4H3,(H,18,20)(H,21,22). The first-order valence-electron chi connectivity index (χ1n) is 8.46. The lowest BCUT2D eigenvalue weighted by molar-refractivity contribution is -0.148. The summed E-state index contributed by atoms with van der Waals surface area (Å²) < 4.78 is 0. The predicted molar refractivity (Wildman–Crippen MR) is 87.8 cm³/mol. The molecule has 1 fully saturated rings. The van der Waals surface area contributed by atoms with Crippen LogP contribution in [-0.2, 0) is 14.4 Å². The molecule has 0 saturated heterocycles. The van der Waals surface area contributed by atoms with Gasteiger partial charge in [0.15, 0.2) is 0 Å². The molecule has 1 aliphatic carbocycles. The van der Waals surface area contributed by atoms with Gasteiger partial charge in [-0.25, -0.2) is 0 Å². The van der Waals surface area contributed by atoms with Crippen LogP contribution in [0.2, 0.25) is 0 Å². The number of carboxylic acids is 1. The number of likely N-dealkylation sites (N-methyl/N-ethyl adjacent to an activating group) is 1. The molecule has 6 nitrogen and oxygen atoms in total. The molecule has 0 bridgehead atoms. The van der Waals surface area contributed by atoms with E-state index < -0.39 is 23.2 Å². The van der Waals surface area contributed by atoms with E-state index >= 15 is 0 Å². The molecule has 6 heteroatoms. The zero-order valence-corrected chi connectivity index (χ0v) is 14.7. The smallest absolute Gasteiger partial charge is 0.307 e. The summed E-state index contributed by atoms with van der Waals surface area (Å²) in [5.74, 6) is -2.07. The molecule has 2 N–H and O–H groups in total. The maximum atomic E-state index is 12.3. The van der Waals surface area contributed by atoms with Gasteiger partial charge in [0, 0.05) is 25.6 Å². The molecular formula is C17H30N2O4. The van der Waals surface area contributed by atoms with Crippen LogP contribution in [0.3, 0.4) is 0 Å². The predicted octanol–water partition coefficient (Wildman–Crippen LogP) is 1.89. The van der Waals surface area contributed by atoms with E-state index in [-0.39, 0.29) is 11.8 Å². The fraction of sp³-hybridized carbons (Fsp3) is 0.824. The zero-order chi connectivity index (χ0) is 17.6. The van der Waals surface area contributed by atoms with Gasteiger partial charge in [0.1, 0.15) is 0 Å². The number of carbonyl (C=O) groups excluding carboxylic acids is 2. The molecule has 0 heterocycles. The van der Waals surface area contributed by atoms with Crippen molar-refractivity contribution in [1.29, 1.82) is 0 Å². The Hall–Kier alpha value is -1.59. The van der Waals surface area contributed by atoms with Gasteiger partial charge in [-0.15, -0.1) is 0 Å². The Morgan fingerprint density at radius 3 is 2.26 bits per heavy atom. The molecule has 2 amide bonds. The first-order chi connectivity index (χ1) is 10.7. The Balaban J connectivity index is 2.47. The van der Waals surface area contributed by atoms with Crippen molar-refractivity contribution in [3.63, 3.8) is 0 Å². The van der Waals surface area contributed by atoms with Crippen LogP contribution in [0.15, 0.2) is 0 Å². The van der Waals surface area contributed by atoms with Crippen molar-refractivity contribution in [2.24, 2.45) is 17.3 Å². The number of carboxylic acid groups (broad SMARTS) is 1. The number of aliphatic carboxylic acids is 1. The third-order valence-electron chi connectivity index (χ3n) is 4.98. The maximum Gasteiger partial charge on any atom is 0.307 e. The molecule has 1 saturated carbocycles. The minimum absolute atomic E-state index is 0.0512. The summed E-state index contributed by atoms with van der Waals surface area (Å²) in [6.45, 7) is 6.57. The lowest BCUT2D eigenvalue weighted by Crippen LogP contribution is -2.45. The largest absolute Gasteiger partial charge is 0.481 e. The molecule has 0 aromatic rings. The van der Waals surface area contributed by atoms with Crippen LogP contribution >= 0.6 is 0 Å². The monoisotopic (exact) mass is 326 g/mol. The Morgan fingerprint density at radius 1 is 1.17 bits per heavy atom. The van der Waals surface area contributed by atoms with Crippen LogP contribution in [0.5, 0.6) is 0 Å². The SMILES string of the molecule is CCC(C)(C)C(=O)N(C)CCNC(=O)C1CCCCC1C(=O)O.